The van der Waals surface area contributed by atoms with Crippen molar-refractivity contribution in [2.45, 2.75) is 25.4 Å². The lowest BCUT2D eigenvalue weighted by Gasteiger charge is -2.32. The Morgan fingerprint density at radius 2 is 2.16 bits per heavy atom. The highest BCUT2D eigenvalue weighted by Crippen LogP contribution is 2.20. The lowest BCUT2D eigenvalue weighted by Crippen LogP contribution is -2.47. The Hall–Kier alpha value is -1.39. The molecule has 0 bridgehead atoms. The Balaban J connectivity index is 2.01. The van der Waals surface area contributed by atoms with E-state index in [9.17, 15) is 4.79 Å². The Kier molecular flexibility index (Phi) is 4.93. The lowest BCUT2D eigenvalue weighted by molar-refractivity contribution is -0.151. The van der Waals surface area contributed by atoms with Gasteiger partial charge in [0.1, 0.15) is 0 Å². The molecule has 1 aromatic rings. The predicted octanol–water partition coefficient (Wildman–Crippen LogP) is 1.92. The van der Waals surface area contributed by atoms with E-state index in [0.717, 1.165) is 6.42 Å². The first kappa shape index (κ1) is 14.0. The van der Waals surface area contributed by atoms with Crippen molar-refractivity contribution < 1.29 is 14.3 Å². The van der Waals surface area contributed by atoms with Crippen LogP contribution in [0.3, 0.4) is 0 Å². The highest BCUT2D eigenvalue weighted by molar-refractivity contribution is 5.73. The summed E-state index contributed by atoms with van der Waals surface area (Å²) in [7, 11) is 1.43. The summed E-state index contributed by atoms with van der Waals surface area (Å²) in [5.74, 6) is -0.414. The lowest BCUT2D eigenvalue weighted by atomic mass is 9.94. The fourth-order valence-corrected chi connectivity index (χ4v) is 2.48. The first-order valence-electron chi connectivity index (χ1n) is 6.69. The summed E-state index contributed by atoms with van der Waals surface area (Å²) < 4.78 is 10.2. The van der Waals surface area contributed by atoms with Gasteiger partial charge in [-0.25, -0.2) is 0 Å². The van der Waals surface area contributed by atoms with Crippen LogP contribution >= 0.6 is 0 Å². The summed E-state index contributed by atoms with van der Waals surface area (Å²) in [5, 5.41) is 3.52. The SMILES string of the molecule is COC(=O)[C@@H]1COCC[C@@H]1N[C@@H](C)c1ccccc1. The molecule has 19 heavy (non-hydrogen) atoms. The van der Waals surface area contributed by atoms with Gasteiger partial charge in [-0.1, -0.05) is 30.3 Å². The molecule has 104 valence electrons. The van der Waals surface area contributed by atoms with Crippen molar-refractivity contribution in [2.24, 2.45) is 5.92 Å². The van der Waals surface area contributed by atoms with E-state index in [4.69, 9.17) is 9.47 Å². The average Bonchev–Trinajstić information content (AvgIpc) is 2.48. The quantitative estimate of drug-likeness (QED) is 0.843. The Labute approximate surface area is 114 Å². The first-order chi connectivity index (χ1) is 9.22. The number of hydrogen-bond donors (Lipinski definition) is 1. The molecule has 1 saturated heterocycles. The predicted molar refractivity (Wildman–Crippen MR) is 72.7 cm³/mol. The van der Waals surface area contributed by atoms with Crippen LogP contribution < -0.4 is 5.32 Å². The zero-order valence-corrected chi connectivity index (χ0v) is 11.5. The second-order valence-corrected chi connectivity index (χ2v) is 4.90. The molecular formula is C15H21NO3. The molecule has 0 spiro atoms. The number of nitrogens with one attached hydrogen (secondary N) is 1. The van der Waals surface area contributed by atoms with Crippen molar-refractivity contribution in [3.8, 4) is 0 Å². The summed E-state index contributed by atoms with van der Waals surface area (Å²) in [6.07, 6.45) is 0.830. The number of carbonyl (C=O) groups is 1. The molecular weight excluding hydrogens is 242 g/mol. The maximum absolute atomic E-state index is 11.8. The molecule has 0 saturated carbocycles. The molecule has 3 atom stereocenters. The second kappa shape index (κ2) is 6.68. The number of benzene rings is 1. The monoisotopic (exact) mass is 263 g/mol. The van der Waals surface area contributed by atoms with E-state index in [2.05, 4.69) is 24.4 Å². The number of esters is 1. The summed E-state index contributed by atoms with van der Waals surface area (Å²) in [6.45, 7) is 3.23. The number of carbonyl (C=O) groups excluding carboxylic acids is 1. The van der Waals surface area contributed by atoms with Crippen LogP contribution in [0.25, 0.3) is 0 Å². The largest absolute Gasteiger partial charge is 0.469 e. The molecule has 1 fully saturated rings. The number of hydrogen-bond acceptors (Lipinski definition) is 4. The average molecular weight is 263 g/mol. The van der Waals surface area contributed by atoms with E-state index in [1.165, 1.54) is 12.7 Å². The minimum absolute atomic E-state index is 0.108. The van der Waals surface area contributed by atoms with Crippen molar-refractivity contribution in [1.82, 2.24) is 5.32 Å². The van der Waals surface area contributed by atoms with E-state index in [1.807, 2.05) is 18.2 Å². The summed E-state index contributed by atoms with van der Waals surface area (Å²) in [6, 6.07) is 10.5. The highest BCUT2D eigenvalue weighted by Gasteiger charge is 2.33. The molecule has 1 N–H and O–H groups in total. The van der Waals surface area contributed by atoms with Gasteiger partial charge in [-0.15, -0.1) is 0 Å². The van der Waals surface area contributed by atoms with Crippen LogP contribution in [0.4, 0.5) is 0 Å². The molecule has 2 rings (SSSR count). The minimum atomic E-state index is -0.218. The first-order valence-corrected chi connectivity index (χ1v) is 6.69. The zero-order valence-electron chi connectivity index (χ0n) is 11.5. The van der Waals surface area contributed by atoms with Crippen LogP contribution in [-0.2, 0) is 14.3 Å². The maximum atomic E-state index is 11.8. The standard InChI is InChI=1S/C15H21NO3/c1-11(12-6-4-3-5-7-12)16-14-8-9-19-10-13(14)15(17)18-2/h3-7,11,13-14,16H,8-10H2,1-2H3/t11-,13+,14-/m0/s1. The van der Waals surface area contributed by atoms with E-state index >= 15 is 0 Å². The number of ether oxygens (including phenoxy) is 2. The van der Waals surface area contributed by atoms with Crippen molar-refractivity contribution >= 4 is 5.97 Å². The molecule has 1 heterocycles. The molecule has 0 radical (unpaired) electrons. The van der Waals surface area contributed by atoms with Gasteiger partial charge in [-0.05, 0) is 18.9 Å². The fraction of sp³-hybridized carbons (Fsp3) is 0.533. The third-order valence-electron chi connectivity index (χ3n) is 3.62. The second-order valence-electron chi connectivity index (χ2n) is 4.90. The van der Waals surface area contributed by atoms with Crippen molar-refractivity contribution in [2.75, 3.05) is 20.3 Å². The van der Waals surface area contributed by atoms with Gasteiger partial charge in [-0.2, -0.15) is 0 Å². The van der Waals surface area contributed by atoms with Gasteiger partial charge in [-0.3, -0.25) is 4.79 Å². The van der Waals surface area contributed by atoms with Gasteiger partial charge < -0.3 is 14.8 Å². The van der Waals surface area contributed by atoms with Gasteiger partial charge in [0.15, 0.2) is 0 Å². The molecule has 1 aromatic carbocycles. The van der Waals surface area contributed by atoms with Gasteiger partial charge >= 0.3 is 5.97 Å². The summed E-state index contributed by atoms with van der Waals surface area (Å²) in [5.41, 5.74) is 1.22. The minimum Gasteiger partial charge on any atom is -0.469 e. The Morgan fingerprint density at radius 3 is 2.84 bits per heavy atom. The van der Waals surface area contributed by atoms with Crippen LogP contribution in [0, 0.1) is 5.92 Å². The molecule has 4 nitrogen and oxygen atoms in total. The maximum Gasteiger partial charge on any atom is 0.312 e. The smallest absolute Gasteiger partial charge is 0.312 e. The van der Waals surface area contributed by atoms with Gasteiger partial charge in [0, 0.05) is 18.7 Å². The van der Waals surface area contributed by atoms with Gasteiger partial charge in [0.05, 0.1) is 19.6 Å². The van der Waals surface area contributed by atoms with Crippen LogP contribution in [0.15, 0.2) is 30.3 Å². The summed E-state index contributed by atoms with van der Waals surface area (Å²) in [4.78, 5) is 11.8. The molecule has 0 unspecified atom stereocenters. The fourth-order valence-electron chi connectivity index (χ4n) is 2.48. The van der Waals surface area contributed by atoms with E-state index in [0.29, 0.717) is 13.2 Å². The molecule has 1 aliphatic rings. The zero-order chi connectivity index (χ0) is 13.7. The van der Waals surface area contributed by atoms with E-state index in [-0.39, 0.29) is 24.0 Å². The van der Waals surface area contributed by atoms with Crippen LogP contribution in [0.1, 0.15) is 24.9 Å². The Morgan fingerprint density at radius 1 is 1.42 bits per heavy atom. The van der Waals surface area contributed by atoms with Crippen molar-refractivity contribution in [3.05, 3.63) is 35.9 Å². The molecule has 4 heteroatoms. The highest BCUT2D eigenvalue weighted by atomic mass is 16.5. The third kappa shape index (κ3) is 3.55. The molecule has 1 aliphatic heterocycles. The summed E-state index contributed by atoms with van der Waals surface area (Å²) >= 11 is 0. The number of methoxy groups -OCH3 is 1. The van der Waals surface area contributed by atoms with Gasteiger partial charge in [0.2, 0.25) is 0 Å². The van der Waals surface area contributed by atoms with E-state index < -0.39 is 0 Å². The van der Waals surface area contributed by atoms with E-state index in [1.54, 1.807) is 0 Å². The third-order valence-corrected chi connectivity index (χ3v) is 3.62. The van der Waals surface area contributed by atoms with Crippen molar-refractivity contribution in [1.29, 1.82) is 0 Å². The Bertz CT molecular complexity index is 407. The van der Waals surface area contributed by atoms with Crippen LogP contribution in [-0.4, -0.2) is 32.3 Å². The van der Waals surface area contributed by atoms with Crippen LogP contribution in [0.2, 0.25) is 0 Å². The molecule has 0 aliphatic carbocycles. The topological polar surface area (TPSA) is 47.6 Å². The molecule has 0 aromatic heterocycles. The van der Waals surface area contributed by atoms with Crippen molar-refractivity contribution in [3.63, 3.8) is 0 Å². The molecule has 0 amide bonds. The normalized spacial score (nSPS) is 24.7. The number of rotatable bonds is 4. The van der Waals surface area contributed by atoms with Crippen LogP contribution in [0.5, 0.6) is 0 Å². The van der Waals surface area contributed by atoms with Gasteiger partial charge in [0.25, 0.3) is 0 Å².